The molecule has 0 spiro atoms. The Morgan fingerprint density at radius 3 is 2.93 bits per heavy atom. The molecule has 15 heavy (non-hydrogen) atoms. The maximum atomic E-state index is 10.4. The Bertz CT molecular complexity index is 234. The van der Waals surface area contributed by atoms with Crippen molar-refractivity contribution in [2.45, 2.75) is 19.8 Å². The molecule has 0 saturated heterocycles. The van der Waals surface area contributed by atoms with Gasteiger partial charge in [0.15, 0.2) is 0 Å². The monoisotopic (exact) mass is 213 g/mol. The molecule has 1 aliphatic rings. The Morgan fingerprint density at radius 1 is 1.60 bits per heavy atom. The number of hydrogen-bond acceptors (Lipinski definition) is 3. The van der Waals surface area contributed by atoms with Crippen molar-refractivity contribution in [1.82, 2.24) is 5.32 Å². The van der Waals surface area contributed by atoms with Crippen molar-refractivity contribution in [2.75, 3.05) is 26.3 Å². The van der Waals surface area contributed by atoms with Crippen LogP contribution in [0.3, 0.4) is 0 Å². The Labute approximate surface area is 90.3 Å². The molecule has 4 heteroatoms. The van der Waals surface area contributed by atoms with Crippen LogP contribution in [0.2, 0.25) is 0 Å². The Balaban J connectivity index is 1.87. The summed E-state index contributed by atoms with van der Waals surface area (Å²) in [5, 5.41) is 11.7. The van der Waals surface area contributed by atoms with Gasteiger partial charge < -0.3 is 15.2 Å². The summed E-state index contributed by atoms with van der Waals surface area (Å²) in [6, 6.07) is 0. The predicted octanol–water partition coefficient (Wildman–Crippen LogP) is 1.03. The van der Waals surface area contributed by atoms with Crippen molar-refractivity contribution in [2.24, 2.45) is 5.92 Å². The summed E-state index contributed by atoms with van der Waals surface area (Å²) in [6.07, 6.45) is 4.30. The van der Waals surface area contributed by atoms with Gasteiger partial charge in [-0.15, -0.1) is 0 Å². The lowest BCUT2D eigenvalue weighted by molar-refractivity contribution is -0.132. The summed E-state index contributed by atoms with van der Waals surface area (Å²) in [6.45, 7) is 4.54. The fourth-order valence-electron chi connectivity index (χ4n) is 1.09. The van der Waals surface area contributed by atoms with Gasteiger partial charge >= 0.3 is 5.97 Å². The highest BCUT2D eigenvalue weighted by Gasteiger charge is 2.20. The fraction of sp³-hybridized carbons (Fsp3) is 0.727. The zero-order valence-electron chi connectivity index (χ0n) is 9.16. The van der Waals surface area contributed by atoms with E-state index in [2.05, 4.69) is 5.32 Å². The molecule has 2 N–H and O–H groups in total. The predicted molar refractivity (Wildman–Crippen MR) is 57.8 cm³/mol. The second-order valence-corrected chi connectivity index (χ2v) is 3.91. The van der Waals surface area contributed by atoms with Crippen LogP contribution in [0, 0.1) is 5.92 Å². The van der Waals surface area contributed by atoms with Crippen LogP contribution < -0.4 is 5.32 Å². The summed E-state index contributed by atoms with van der Waals surface area (Å²) in [7, 11) is 0. The molecule has 1 fully saturated rings. The van der Waals surface area contributed by atoms with Crippen LogP contribution in [0.15, 0.2) is 11.6 Å². The molecule has 0 aromatic rings. The van der Waals surface area contributed by atoms with Crippen molar-refractivity contribution in [3.63, 3.8) is 0 Å². The number of nitrogens with one attached hydrogen (secondary N) is 1. The number of aliphatic carboxylic acids is 1. The number of carboxylic acid groups (broad SMARTS) is 1. The van der Waals surface area contributed by atoms with Gasteiger partial charge in [-0.3, -0.25) is 0 Å². The highest BCUT2D eigenvalue weighted by molar-refractivity contribution is 5.85. The number of ether oxygens (including phenoxy) is 1. The van der Waals surface area contributed by atoms with Crippen molar-refractivity contribution in [3.05, 3.63) is 11.6 Å². The highest BCUT2D eigenvalue weighted by Crippen LogP contribution is 2.28. The molecule has 0 bridgehead atoms. The van der Waals surface area contributed by atoms with E-state index in [0.717, 1.165) is 19.1 Å². The zero-order valence-corrected chi connectivity index (χ0v) is 9.16. The third-order valence-corrected chi connectivity index (χ3v) is 2.36. The van der Waals surface area contributed by atoms with E-state index < -0.39 is 5.97 Å². The molecule has 0 heterocycles. The van der Waals surface area contributed by atoms with E-state index in [-0.39, 0.29) is 0 Å². The van der Waals surface area contributed by atoms with Crippen molar-refractivity contribution in [3.8, 4) is 0 Å². The molecule has 1 rings (SSSR count). The lowest BCUT2D eigenvalue weighted by Gasteiger charge is -2.03. The molecule has 0 radical (unpaired) electrons. The minimum atomic E-state index is -0.859. The SMILES string of the molecule is CC(=CCNCCOCC1CC1)C(=O)O. The summed E-state index contributed by atoms with van der Waals surface area (Å²) < 4.78 is 5.41. The third-order valence-electron chi connectivity index (χ3n) is 2.36. The van der Waals surface area contributed by atoms with Gasteiger partial charge in [0.25, 0.3) is 0 Å². The van der Waals surface area contributed by atoms with Crippen LogP contribution in [-0.2, 0) is 9.53 Å². The largest absolute Gasteiger partial charge is 0.478 e. The quantitative estimate of drug-likeness (QED) is 0.467. The molecule has 1 aliphatic carbocycles. The summed E-state index contributed by atoms with van der Waals surface area (Å²) in [5.74, 6) is -0.0547. The molecule has 0 aromatic heterocycles. The average Bonchev–Trinajstić information content (AvgIpc) is 2.99. The van der Waals surface area contributed by atoms with Gasteiger partial charge in [-0.1, -0.05) is 6.08 Å². The van der Waals surface area contributed by atoms with E-state index in [1.54, 1.807) is 13.0 Å². The van der Waals surface area contributed by atoms with Gasteiger partial charge in [-0.25, -0.2) is 4.79 Å². The zero-order chi connectivity index (χ0) is 11.1. The number of hydrogen-bond donors (Lipinski definition) is 2. The standard InChI is InChI=1S/C11H19NO3/c1-9(11(13)14)4-5-12-6-7-15-8-10-2-3-10/h4,10,12H,2-3,5-8H2,1H3,(H,13,14). The van der Waals surface area contributed by atoms with Crippen molar-refractivity contribution in [1.29, 1.82) is 0 Å². The molecular weight excluding hydrogens is 194 g/mol. The maximum Gasteiger partial charge on any atom is 0.330 e. The Morgan fingerprint density at radius 2 is 2.33 bits per heavy atom. The smallest absolute Gasteiger partial charge is 0.330 e. The average molecular weight is 213 g/mol. The van der Waals surface area contributed by atoms with Gasteiger partial charge in [-0.2, -0.15) is 0 Å². The Kier molecular flexibility index (Phi) is 5.36. The maximum absolute atomic E-state index is 10.4. The van der Waals surface area contributed by atoms with Gasteiger partial charge in [-0.05, 0) is 25.7 Å². The molecule has 0 amide bonds. The van der Waals surface area contributed by atoms with Crippen LogP contribution >= 0.6 is 0 Å². The minimum Gasteiger partial charge on any atom is -0.478 e. The lowest BCUT2D eigenvalue weighted by Crippen LogP contribution is -2.20. The molecular formula is C11H19NO3. The van der Waals surface area contributed by atoms with E-state index in [9.17, 15) is 4.79 Å². The van der Waals surface area contributed by atoms with Crippen LogP contribution in [-0.4, -0.2) is 37.4 Å². The molecule has 86 valence electrons. The first-order chi connectivity index (χ1) is 7.20. The number of carbonyl (C=O) groups is 1. The first-order valence-electron chi connectivity index (χ1n) is 5.38. The molecule has 1 saturated carbocycles. The van der Waals surface area contributed by atoms with Crippen molar-refractivity contribution >= 4 is 5.97 Å². The number of carboxylic acids is 1. The third kappa shape index (κ3) is 6.25. The summed E-state index contributed by atoms with van der Waals surface area (Å²) >= 11 is 0. The van der Waals surface area contributed by atoms with Crippen LogP contribution in [0.4, 0.5) is 0 Å². The molecule has 0 unspecified atom stereocenters. The normalized spacial score (nSPS) is 16.7. The topological polar surface area (TPSA) is 58.6 Å². The fourth-order valence-corrected chi connectivity index (χ4v) is 1.09. The molecule has 0 aliphatic heterocycles. The van der Waals surface area contributed by atoms with Gasteiger partial charge in [0, 0.05) is 25.3 Å². The first kappa shape index (κ1) is 12.2. The van der Waals surface area contributed by atoms with Crippen LogP contribution in [0.5, 0.6) is 0 Å². The Hall–Kier alpha value is -0.870. The summed E-state index contributed by atoms with van der Waals surface area (Å²) in [5.41, 5.74) is 0.376. The van der Waals surface area contributed by atoms with Gasteiger partial charge in [0.2, 0.25) is 0 Å². The van der Waals surface area contributed by atoms with Crippen LogP contribution in [0.25, 0.3) is 0 Å². The molecule has 0 aromatic carbocycles. The van der Waals surface area contributed by atoms with Crippen molar-refractivity contribution < 1.29 is 14.6 Å². The second kappa shape index (κ2) is 6.58. The molecule has 4 nitrogen and oxygen atoms in total. The van der Waals surface area contributed by atoms with E-state index >= 15 is 0 Å². The molecule has 0 atom stereocenters. The summed E-state index contributed by atoms with van der Waals surface area (Å²) in [4.78, 5) is 10.4. The minimum absolute atomic E-state index is 0.376. The van der Waals surface area contributed by atoms with Gasteiger partial charge in [0.05, 0.1) is 6.61 Å². The number of rotatable bonds is 8. The van der Waals surface area contributed by atoms with E-state index in [4.69, 9.17) is 9.84 Å². The lowest BCUT2D eigenvalue weighted by atomic mass is 10.3. The van der Waals surface area contributed by atoms with Gasteiger partial charge in [0.1, 0.15) is 0 Å². The second-order valence-electron chi connectivity index (χ2n) is 3.91. The van der Waals surface area contributed by atoms with E-state index in [1.807, 2.05) is 0 Å². The first-order valence-corrected chi connectivity index (χ1v) is 5.38. The highest BCUT2D eigenvalue weighted by atomic mass is 16.5. The van der Waals surface area contributed by atoms with E-state index in [0.29, 0.717) is 18.7 Å². The van der Waals surface area contributed by atoms with Crippen LogP contribution in [0.1, 0.15) is 19.8 Å². The van der Waals surface area contributed by atoms with E-state index in [1.165, 1.54) is 12.8 Å².